The van der Waals surface area contributed by atoms with Crippen LogP contribution in [0.25, 0.3) is 0 Å². The predicted molar refractivity (Wildman–Crippen MR) is 90.6 cm³/mol. The van der Waals surface area contributed by atoms with Gasteiger partial charge >= 0.3 is 0 Å². The van der Waals surface area contributed by atoms with E-state index in [9.17, 15) is 0 Å². The second-order valence-corrected chi connectivity index (χ2v) is 8.42. The first-order chi connectivity index (χ1) is 9.88. The molecule has 0 saturated heterocycles. The molecule has 0 spiro atoms. The Labute approximate surface area is 136 Å². The highest BCUT2D eigenvalue weighted by molar-refractivity contribution is 9.10. The van der Waals surface area contributed by atoms with Crippen molar-refractivity contribution in [3.63, 3.8) is 0 Å². The lowest BCUT2D eigenvalue weighted by molar-refractivity contribution is 0.120. The van der Waals surface area contributed by atoms with Crippen molar-refractivity contribution in [3.8, 4) is 5.75 Å². The molecule has 116 valence electrons. The van der Waals surface area contributed by atoms with Crippen LogP contribution < -0.4 is 10.1 Å². The molecule has 3 rings (SSSR count). The minimum absolute atomic E-state index is 0.427. The summed E-state index contributed by atoms with van der Waals surface area (Å²) in [5.41, 5.74) is 2.12. The van der Waals surface area contributed by atoms with Crippen LogP contribution in [0.4, 0.5) is 0 Å². The van der Waals surface area contributed by atoms with Gasteiger partial charge in [0.25, 0.3) is 0 Å². The zero-order valence-electron chi connectivity index (χ0n) is 13.5. The summed E-state index contributed by atoms with van der Waals surface area (Å²) in [5.74, 6) is 1.85. The van der Waals surface area contributed by atoms with Gasteiger partial charge in [0.15, 0.2) is 0 Å². The maximum atomic E-state index is 5.48. The van der Waals surface area contributed by atoms with Crippen LogP contribution in [-0.4, -0.2) is 13.2 Å². The van der Waals surface area contributed by atoms with Crippen LogP contribution in [-0.2, 0) is 6.54 Å². The molecule has 0 aliphatic heterocycles. The van der Waals surface area contributed by atoms with Crippen molar-refractivity contribution in [1.29, 1.82) is 0 Å². The predicted octanol–water partition coefficient (Wildman–Crippen LogP) is 4.76. The molecule has 1 N–H and O–H groups in total. The van der Waals surface area contributed by atoms with Gasteiger partial charge in [-0.2, -0.15) is 0 Å². The van der Waals surface area contributed by atoms with Gasteiger partial charge in [0, 0.05) is 22.6 Å². The van der Waals surface area contributed by atoms with E-state index in [-0.39, 0.29) is 0 Å². The van der Waals surface area contributed by atoms with Crippen molar-refractivity contribution in [2.45, 2.75) is 52.6 Å². The van der Waals surface area contributed by atoms with Gasteiger partial charge in [-0.3, -0.25) is 0 Å². The molecule has 0 radical (unpaired) electrons. The Morgan fingerprint density at radius 3 is 2.67 bits per heavy atom. The molecule has 1 aromatic carbocycles. The van der Waals surface area contributed by atoms with E-state index in [1.165, 1.54) is 24.8 Å². The fourth-order valence-electron chi connectivity index (χ4n) is 4.63. The largest absolute Gasteiger partial charge is 0.496 e. The lowest BCUT2D eigenvalue weighted by atomic mass is 9.69. The van der Waals surface area contributed by atoms with E-state index >= 15 is 0 Å². The van der Waals surface area contributed by atoms with Crippen molar-refractivity contribution in [1.82, 2.24) is 5.32 Å². The van der Waals surface area contributed by atoms with Gasteiger partial charge < -0.3 is 10.1 Å². The van der Waals surface area contributed by atoms with Crippen LogP contribution in [0.15, 0.2) is 22.7 Å². The van der Waals surface area contributed by atoms with Crippen LogP contribution in [0.3, 0.4) is 0 Å². The minimum atomic E-state index is 0.427. The van der Waals surface area contributed by atoms with Crippen LogP contribution in [0.1, 0.15) is 45.6 Å². The highest BCUT2D eigenvalue weighted by Crippen LogP contribution is 2.65. The molecule has 2 aliphatic carbocycles. The van der Waals surface area contributed by atoms with Gasteiger partial charge in [0.2, 0.25) is 0 Å². The molecule has 2 nitrogen and oxygen atoms in total. The summed E-state index contributed by atoms with van der Waals surface area (Å²) in [4.78, 5) is 0. The molecule has 21 heavy (non-hydrogen) atoms. The van der Waals surface area contributed by atoms with E-state index < -0.39 is 0 Å². The Bertz CT molecular complexity index is 542. The second kappa shape index (κ2) is 5.27. The first-order valence-corrected chi connectivity index (χ1v) is 8.73. The number of rotatable bonds is 4. The van der Waals surface area contributed by atoms with E-state index in [4.69, 9.17) is 4.74 Å². The van der Waals surface area contributed by atoms with E-state index in [2.05, 4.69) is 48.1 Å². The second-order valence-electron chi connectivity index (χ2n) is 7.50. The molecular weight excluding hydrogens is 326 g/mol. The summed E-state index contributed by atoms with van der Waals surface area (Å²) in [7, 11) is 1.74. The number of hydrogen-bond donors (Lipinski definition) is 1. The van der Waals surface area contributed by atoms with Crippen LogP contribution in [0, 0.1) is 16.7 Å². The average molecular weight is 352 g/mol. The van der Waals surface area contributed by atoms with Gasteiger partial charge in [-0.15, -0.1) is 0 Å². The normalized spacial score (nSPS) is 33.4. The molecule has 0 heterocycles. The monoisotopic (exact) mass is 351 g/mol. The number of hydrogen-bond acceptors (Lipinski definition) is 2. The van der Waals surface area contributed by atoms with Crippen molar-refractivity contribution in [3.05, 3.63) is 28.2 Å². The number of fused-ring (bicyclic) bond motifs is 2. The summed E-state index contributed by atoms with van der Waals surface area (Å²) < 4.78 is 6.59. The van der Waals surface area contributed by atoms with Crippen LogP contribution in [0.5, 0.6) is 5.75 Å². The fraction of sp³-hybridized carbons (Fsp3) is 0.667. The van der Waals surface area contributed by atoms with Gasteiger partial charge in [0.05, 0.1) is 7.11 Å². The minimum Gasteiger partial charge on any atom is -0.496 e. The maximum absolute atomic E-state index is 5.48. The van der Waals surface area contributed by atoms with Crippen LogP contribution >= 0.6 is 15.9 Å². The van der Waals surface area contributed by atoms with Gasteiger partial charge in [-0.1, -0.05) is 36.7 Å². The number of benzene rings is 1. The summed E-state index contributed by atoms with van der Waals surface area (Å²) in [6.07, 6.45) is 4.08. The van der Waals surface area contributed by atoms with Crippen molar-refractivity contribution >= 4 is 15.9 Å². The summed E-state index contributed by atoms with van der Waals surface area (Å²) in [5, 5.41) is 3.83. The van der Waals surface area contributed by atoms with Gasteiger partial charge in [-0.05, 0) is 54.2 Å². The van der Waals surface area contributed by atoms with E-state index in [1.807, 2.05) is 12.1 Å². The first kappa shape index (κ1) is 15.4. The van der Waals surface area contributed by atoms with Crippen molar-refractivity contribution in [2.24, 2.45) is 16.7 Å². The number of nitrogens with one attached hydrogen (secondary N) is 1. The molecule has 1 aromatic rings. The summed E-state index contributed by atoms with van der Waals surface area (Å²) >= 11 is 3.56. The zero-order chi connectivity index (χ0) is 15.3. The van der Waals surface area contributed by atoms with E-state index in [1.54, 1.807) is 7.11 Å². The third-order valence-electron chi connectivity index (χ3n) is 6.58. The Kier molecular flexibility index (Phi) is 3.86. The molecule has 2 bridgehead atoms. The summed E-state index contributed by atoms with van der Waals surface area (Å²) in [6, 6.07) is 6.85. The molecule has 2 aliphatic rings. The third-order valence-corrected chi connectivity index (χ3v) is 7.07. The smallest absolute Gasteiger partial charge is 0.123 e. The first-order valence-electron chi connectivity index (χ1n) is 7.94. The number of methoxy groups -OCH3 is 1. The Balaban J connectivity index is 1.74. The van der Waals surface area contributed by atoms with Crippen molar-refractivity contribution in [2.75, 3.05) is 7.11 Å². The van der Waals surface area contributed by atoms with Gasteiger partial charge in [-0.25, -0.2) is 0 Å². The van der Waals surface area contributed by atoms with E-state index in [0.29, 0.717) is 16.9 Å². The molecule has 0 aromatic heterocycles. The van der Waals surface area contributed by atoms with Crippen molar-refractivity contribution < 1.29 is 4.74 Å². The standard InChI is InChI=1S/C18H26BrNO/c1-17(2)13-7-8-18(17,3)16(10-13)20-11-12-9-14(19)5-6-15(12)21-4/h5-6,9,13,16,20H,7-8,10-11H2,1-4H3. The summed E-state index contributed by atoms with van der Waals surface area (Å²) in [6.45, 7) is 8.29. The highest BCUT2D eigenvalue weighted by Gasteiger charge is 2.60. The maximum Gasteiger partial charge on any atom is 0.123 e. The molecule has 3 heteroatoms. The Morgan fingerprint density at radius 1 is 1.33 bits per heavy atom. The SMILES string of the molecule is COc1ccc(Br)cc1CNC1CC2CCC1(C)C2(C)C. The third kappa shape index (κ3) is 2.33. The fourth-order valence-corrected chi connectivity index (χ4v) is 5.04. The number of halogens is 1. The Hall–Kier alpha value is -0.540. The lowest BCUT2D eigenvalue weighted by Gasteiger charge is -2.39. The molecule has 3 unspecified atom stereocenters. The molecule has 2 fully saturated rings. The Morgan fingerprint density at radius 2 is 2.10 bits per heavy atom. The van der Waals surface area contributed by atoms with E-state index in [0.717, 1.165) is 22.7 Å². The molecule has 0 amide bonds. The number of ether oxygens (including phenoxy) is 1. The quantitative estimate of drug-likeness (QED) is 0.843. The molecule has 2 saturated carbocycles. The zero-order valence-corrected chi connectivity index (χ0v) is 15.1. The van der Waals surface area contributed by atoms with Crippen LogP contribution in [0.2, 0.25) is 0 Å². The molecule has 3 atom stereocenters. The average Bonchev–Trinajstić information content (AvgIpc) is 2.78. The lowest BCUT2D eigenvalue weighted by Crippen LogP contribution is -2.44. The topological polar surface area (TPSA) is 21.3 Å². The highest BCUT2D eigenvalue weighted by atomic mass is 79.9. The molecular formula is C18H26BrNO. The van der Waals surface area contributed by atoms with Gasteiger partial charge in [0.1, 0.15) is 5.75 Å².